The molecule has 4 rings (SSSR count). The van der Waals surface area contributed by atoms with Crippen molar-refractivity contribution in [3.05, 3.63) is 88.9 Å². The highest BCUT2D eigenvalue weighted by molar-refractivity contribution is 7.92. The van der Waals surface area contributed by atoms with Crippen LogP contribution in [0.4, 0.5) is 40.8 Å². The fourth-order valence-corrected chi connectivity index (χ4v) is 4.86. The van der Waals surface area contributed by atoms with Gasteiger partial charge in [-0.2, -0.15) is 18.3 Å². The molecule has 2 N–H and O–H groups in total. The largest absolute Gasteiger partial charge is 0.497 e. The van der Waals surface area contributed by atoms with Gasteiger partial charge >= 0.3 is 12.1 Å². The van der Waals surface area contributed by atoms with E-state index in [1.165, 1.54) is 31.4 Å². The van der Waals surface area contributed by atoms with Crippen LogP contribution in [0.2, 0.25) is 0 Å². The number of nitrogens with one attached hydrogen (secondary N) is 1. The minimum Gasteiger partial charge on any atom is -0.497 e. The molecule has 0 aliphatic carbocycles. The van der Waals surface area contributed by atoms with Gasteiger partial charge in [-0.1, -0.05) is 0 Å². The molecule has 1 heterocycles. The smallest absolute Gasteiger partial charge is 0.435 e. The predicted octanol–water partition coefficient (Wildman–Crippen LogP) is 5.76. The van der Waals surface area contributed by atoms with Crippen molar-refractivity contribution in [3.8, 4) is 22.7 Å². The molecule has 0 amide bonds. The zero-order valence-corrected chi connectivity index (χ0v) is 20.8. The lowest BCUT2D eigenvalue weighted by molar-refractivity contribution is -0.141. The van der Waals surface area contributed by atoms with Crippen LogP contribution in [0.3, 0.4) is 0 Å². The number of ether oxygens (including phenoxy) is 1. The predicted molar refractivity (Wildman–Crippen MR) is 125 cm³/mol. The second kappa shape index (κ2) is 10.4. The van der Waals surface area contributed by atoms with Crippen molar-refractivity contribution in [2.45, 2.75) is 11.1 Å². The zero-order valence-electron chi connectivity index (χ0n) is 20.0. The number of aromatic carboxylic acids is 1. The molecular formula is C24H13F8N3O5S. The quantitative estimate of drug-likeness (QED) is 0.157. The van der Waals surface area contributed by atoms with E-state index >= 15 is 0 Å². The third kappa shape index (κ3) is 5.39. The molecule has 1 aromatic heterocycles. The molecule has 17 heteroatoms. The highest BCUT2D eigenvalue weighted by atomic mass is 32.2. The van der Waals surface area contributed by atoms with E-state index in [-0.39, 0.29) is 16.9 Å². The molecule has 0 fully saturated rings. The molecule has 4 aromatic rings. The van der Waals surface area contributed by atoms with Crippen molar-refractivity contribution in [3.63, 3.8) is 0 Å². The summed E-state index contributed by atoms with van der Waals surface area (Å²) in [5.41, 5.74) is -4.93. The molecule has 216 valence electrons. The Morgan fingerprint density at radius 1 is 0.902 bits per heavy atom. The number of aromatic nitrogens is 2. The first-order valence-corrected chi connectivity index (χ1v) is 12.3. The maximum atomic E-state index is 14.1. The first-order valence-electron chi connectivity index (χ1n) is 10.8. The van der Waals surface area contributed by atoms with Gasteiger partial charge < -0.3 is 9.84 Å². The normalized spacial score (nSPS) is 11.9. The molecule has 8 nitrogen and oxygen atoms in total. The molecule has 3 aromatic carbocycles. The number of methoxy groups -OCH3 is 1. The van der Waals surface area contributed by atoms with E-state index in [0.29, 0.717) is 28.6 Å². The fourth-order valence-electron chi connectivity index (χ4n) is 3.62. The van der Waals surface area contributed by atoms with Crippen LogP contribution in [-0.2, 0) is 16.2 Å². The lowest BCUT2D eigenvalue weighted by atomic mass is 10.1. The number of hydrogen-bond donors (Lipinski definition) is 2. The lowest BCUT2D eigenvalue weighted by Crippen LogP contribution is -2.20. The van der Waals surface area contributed by atoms with Crippen LogP contribution >= 0.6 is 0 Å². The number of carboxylic acids is 1. The van der Waals surface area contributed by atoms with Crippen molar-refractivity contribution in [2.24, 2.45) is 0 Å². The molecule has 0 bridgehead atoms. The van der Waals surface area contributed by atoms with Crippen LogP contribution in [-0.4, -0.2) is 36.4 Å². The Morgan fingerprint density at radius 3 is 1.98 bits per heavy atom. The highest BCUT2D eigenvalue weighted by Gasteiger charge is 2.36. The van der Waals surface area contributed by atoms with Crippen LogP contribution in [0.25, 0.3) is 16.9 Å². The molecule has 0 aliphatic rings. The fraction of sp³-hybridized carbons (Fsp3) is 0.0833. The number of benzene rings is 3. The minimum absolute atomic E-state index is 0.162. The molecule has 0 radical (unpaired) electrons. The van der Waals surface area contributed by atoms with Gasteiger partial charge in [-0.15, -0.1) is 0 Å². The zero-order chi connectivity index (χ0) is 30.4. The number of rotatable bonds is 7. The number of carboxylic acid groups (broad SMARTS) is 1. The lowest BCUT2D eigenvalue weighted by Gasteiger charge is -2.15. The number of alkyl halides is 3. The van der Waals surface area contributed by atoms with E-state index in [1.807, 2.05) is 0 Å². The van der Waals surface area contributed by atoms with Gasteiger partial charge in [0.2, 0.25) is 5.82 Å². The highest BCUT2D eigenvalue weighted by Crippen LogP contribution is 2.35. The summed E-state index contributed by atoms with van der Waals surface area (Å²) in [6.45, 7) is 0. The molecular weight excluding hydrogens is 594 g/mol. The topological polar surface area (TPSA) is 111 Å². The average molecular weight is 607 g/mol. The summed E-state index contributed by atoms with van der Waals surface area (Å²) in [7, 11) is -4.01. The second-order valence-electron chi connectivity index (χ2n) is 8.09. The Bertz CT molecular complexity index is 1760. The van der Waals surface area contributed by atoms with Crippen molar-refractivity contribution in [2.75, 3.05) is 11.8 Å². The summed E-state index contributed by atoms with van der Waals surface area (Å²) in [6, 6.07) is 8.19. The van der Waals surface area contributed by atoms with Crippen LogP contribution in [0, 0.1) is 29.1 Å². The second-order valence-corrected chi connectivity index (χ2v) is 9.74. The van der Waals surface area contributed by atoms with Gasteiger partial charge in [-0.25, -0.2) is 39.8 Å². The van der Waals surface area contributed by atoms with Crippen LogP contribution in [0.15, 0.2) is 53.4 Å². The first kappa shape index (κ1) is 29.3. The monoisotopic (exact) mass is 607 g/mol. The van der Waals surface area contributed by atoms with Gasteiger partial charge in [-0.3, -0.25) is 4.72 Å². The number of hydrogen-bond acceptors (Lipinski definition) is 5. The molecule has 41 heavy (non-hydrogen) atoms. The molecule has 0 spiro atoms. The van der Waals surface area contributed by atoms with Gasteiger partial charge in [-0.05, 0) is 48.5 Å². The Kier molecular flexibility index (Phi) is 7.42. The van der Waals surface area contributed by atoms with Crippen LogP contribution in [0.1, 0.15) is 16.1 Å². The van der Waals surface area contributed by atoms with Gasteiger partial charge in [0.05, 0.1) is 24.1 Å². The minimum atomic E-state index is -5.36. The molecule has 0 aliphatic heterocycles. The van der Waals surface area contributed by atoms with Crippen molar-refractivity contribution in [1.82, 2.24) is 9.78 Å². The van der Waals surface area contributed by atoms with E-state index in [0.717, 1.165) is 10.8 Å². The third-order valence-corrected chi connectivity index (χ3v) is 6.97. The first-order chi connectivity index (χ1) is 19.1. The molecule has 0 unspecified atom stereocenters. The maximum Gasteiger partial charge on any atom is 0.435 e. The van der Waals surface area contributed by atoms with E-state index in [9.17, 15) is 53.4 Å². The van der Waals surface area contributed by atoms with Crippen molar-refractivity contribution in [1.29, 1.82) is 0 Å². The van der Waals surface area contributed by atoms with Crippen LogP contribution in [0.5, 0.6) is 5.75 Å². The van der Waals surface area contributed by atoms with Gasteiger partial charge in [0.25, 0.3) is 10.0 Å². The summed E-state index contributed by atoms with van der Waals surface area (Å²) < 4.78 is 142. The SMILES string of the molecule is COc1ccc(-c2cc(C(F)(F)F)nn2-c2ccc(S(=O)(=O)Nc3c(F)c(F)c(F)c(F)c3F)c(C(=O)O)c2)cc1. The Labute approximate surface area is 224 Å². The molecule has 0 atom stereocenters. The molecule has 0 saturated heterocycles. The Morgan fingerprint density at radius 2 is 1.46 bits per heavy atom. The van der Waals surface area contributed by atoms with E-state index < -0.39 is 73.1 Å². The maximum absolute atomic E-state index is 14.1. The summed E-state index contributed by atoms with van der Waals surface area (Å²) in [4.78, 5) is 10.7. The molecule has 0 saturated carbocycles. The summed E-state index contributed by atoms with van der Waals surface area (Å²) in [5, 5.41) is 13.1. The van der Waals surface area contributed by atoms with Crippen LogP contribution < -0.4 is 9.46 Å². The number of halogens is 8. The number of anilines is 1. The Hall–Kier alpha value is -4.67. The standard InChI is InChI=1S/C24H13F8N3O5S/c1-40-12-5-2-10(3-6-12)14-9-16(24(30,31)32)33-35(14)11-4-7-15(13(8-11)23(36)37)41(38,39)34-22-20(28)18(26)17(25)19(27)21(22)29/h2-9,34H,1H3,(H,36,37). The van der Waals surface area contributed by atoms with Gasteiger partial charge in [0.15, 0.2) is 29.0 Å². The Balaban J connectivity index is 1.87. The van der Waals surface area contributed by atoms with E-state index in [1.54, 1.807) is 0 Å². The number of sulfonamides is 1. The number of carbonyl (C=O) groups is 1. The average Bonchev–Trinajstić information content (AvgIpc) is 3.39. The van der Waals surface area contributed by atoms with E-state index in [4.69, 9.17) is 4.74 Å². The van der Waals surface area contributed by atoms with E-state index in [2.05, 4.69) is 5.10 Å². The van der Waals surface area contributed by atoms with Crippen molar-refractivity contribution >= 4 is 21.7 Å². The summed E-state index contributed by atoms with van der Waals surface area (Å²) in [5.74, 6) is -14.2. The summed E-state index contributed by atoms with van der Waals surface area (Å²) in [6.07, 6.45) is -4.94. The number of nitrogens with zero attached hydrogens (tertiary/aromatic N) is 2. The van der Waals surface area contributed by atoms with Gasteiger partial charge in [0, 0.05) is 5.56 Å². The third-order valence-electron chi connectivity index (χ3n) is 5.56. The van der Waals surface area contributed by atoms with Gasteiger partial charge in [0.1, 0.15) is 16.3 Å². The summed E-state index contributed by atoms with van der Waals surface area (Å²) >= 11 is 0. The van der Waals surface area contributed by atoms with Crippen molar-refractivity contribution < 1.29 is 58.2 Å².